The summed E-state index contributed by atoms with van der Waals surface area (Å²) in [4.78, 5) is 0.0109. The minimum atomic E-state index is 0.0109. The average Bonchev–Trinajstić information content (AvgIpc) is 2.38. The van der Waals surface area contributed by atoms with Crippen LogP contribution in [-0.2, 0) is 6.42 Å². The predicted molar refractivity (Wildman–Crippen MR) is 92.2 cm³/mol. The van der Waals surface area contributed by atoms with Gasteiger partial charge in [-0.1, -0.05) is 83.3 Å². The monoisotopic (exact) mass is 370 g/mol. The summed E-state index contributed by atoms with van der Waals surface area (Å²) >= 11 is 16.2. The molecule has 0 saturated heterocycles. The van der Waals surface area contributed by atoms with E-state index in [4.69, 9.17) is 23.2 Å². The molecule has 0 radical (unpaired) electrons. The highest BCUT2D eigenvalue weighted by atomic mass is 79.9. The van der Waals surface area contributed by atoms with Gasteiger partial charge in [0, 0.05) is 15.6 Å². The van der Waals surface area contributed by atoms with E-state index in [1.165, 1.54) is 5.56 Å². The summed E-state index contributed by atoms with van der Waals surface area (Å²) in [6.07, 6.45) is 1.10. The zero-order valence-corrected chi connectivity index (χ0v) is 14.6. The Morgan fingerprint density at radius 1 is 0.950 bits per heavy atom. The molecule has 0 aromatic heterocycles. The molecule has 1 unspecified atom stereocenters. The molecule has 20 heavy (non-hydrogen) atoms. The maximum Gasteiger partial charge on any atom is 0.0673 e. The van der Waals surface area contributed by atoms with Gasteiger partial charge in [-0.3, -0.25) is 0 Å². The van der Waals surface area contributed by atoms with Crippen molar-refractivity contribution in [2.45, 2.75) is 25.1 Å². The highest BCUT2D eigenvalue weighted by Crippen LogP contribution is 2.39. The second-order valence-corrected chi connectivity index (χ2v) is 7.07. The molecule has 0 fully saturated rings. The summed E-state index contributed by atoms with van der Waals surface area (Å²) in [7, 11) is 0. The molecule has 0 aliphatic rings. The van der Waals surface area contributed by atoms with E-state index in [2.05, 4.69) is 54.0 Å². The van der Waals surface area contributed by atoms with E-state index in [1.807, 2.05) is 18.2 Å². The minimum Gasteiger partial charge on any atom is -0.0839 e. The highest BCUT2D eigenvalue weighted by Gasteiger charge is 2.17. The number of benzene rings is 2. The Kier molecular flexibility index (Phi) is 5.54. The van der Waals surface area contributed by atoms with Gasteiger partial charge in [-0.25, -0.2) is 0 Å². The lowest BCUT2D eigenvalue weighted by molar-refractivity contribution is 0.647. The van der Waals surface area contributed by atoms with E-state index >= 15 is 0 Å². The van der Waals surface area contributed by atoms with Crippen LogP contribution >= 0.6 is 39.1 Å². The van der Waals surface area contributed by atoms with Crippen LogP contribution in [0.1, 0.15) is 35.4 Å². The van der Waals surface area contributed by atoms with E-state index < -0.39 is 0 Å². The fourth-order valence-corrected chi connectivity index (χ4v) is 3.89. The Morgan fingerprint density at radius 2 is 1.50 bits per heavy atom. The number of alkyl halides is 1. The van der Waals surface area contributed by atoms with Crippen LogP contribution in [0.5, 0.6) is 0 Å². The third-order valence-electron chi connectivity index (χ3n) is 3.17. The molecule has 0 amide bonds. The fraction of sp³-hybridized carbons (Fsp3) is 0.294. The molecule has 2 aromatic rings. The second-order valence-electron chi connectivity index (χ2n) is 5.34. The zero-order chi connectivity index (χ0) is 14.7. The van der Waals surface area contributed by atoms with Gasteiger partial charge in [0.2, 0.25) is 0 Å². The maximum atomic E-state index is 6.26. The molecule has 0 bridgehead atoms. The van der Waals surface area contributed by atoms with Gasteiger partial charge >= 0.3 is 0 Å². The van der Waals surface area contributed by atoms with Crippen LogP contribution in [0.2, 0.25) is 10.0 Å². The van der Waals surface area contributed by atoms with Crippen LogP contribution in [0.15, 0.2) is 42.5 Å². The first kappa shape index (κ1) is 15.9. The van der Waals surface area contributed by atoms with Crippen molar-refractivity contribution >= 4 is 39.1 Å². The summed E-state index contributed by atoms with van der Waals surface area (Å²) in [5.74, 6) is 0.665. The van der Waals surface area contributed by atoms with Crippen LogP contribution in [0, 0.1) is 5.92 Å². The van der Waals surface area contributed by atoms with Crippen LogP contribution in [0.4, 0.5) is 0 Å². The average molecular weight is 372 g/mol. The molecule has 0 saturated carbocycles. The maximum absolute atomic E-state index is 6.26. The van der Waals surface area contributed by atoms with Gasteiger partial charge < -0.3 is 0 Å². The lowest BCUT2D eigenvalue weighted by Gasteiger charge is -2.15. The molecule has 1 atom stereocenters. The quantitative estimate of drug-likeness (QED) is 0.526. The van der Waals surface area contributed by atoms with Gasteiger partial charge in [-0.2, -0.15) is 0 Å². The van der Waals surface area contributed by atoms with E-state index in [9.17, 15) is 0 Å². The summed E-state index contributed by atoms with van der Waals surface area (Å²) in [6, 6.07) is 14.2. The Morgan fingerprint density at radius 3 is 2.00 bits per heavy atom. The lowest BCUT2D eigenvalue weighted by Crippen LogP contribution is -1.97. The summed E-state index contributed by atoms with van der Waals surface area (Å²) < 4.78 is 0. The van der Waals surface area contributed by atoms with Crippen molar-refractivity contribution in [1.82, 2.24) is 0 Å². The van der Waals surface area contributed by atoms with E-state index in [0.29, 0.717) is 16.0 Å². The molecule has 2 aromatic carbocycles. The van der Waals surface area contributed by atoms with Gasteiger partial charge in [0.25, 0.3) is 0 Å². The first-order valence-corrected chi connectivity index (χ1v) is 8.33. The molecule has 106 valence electrons. The summed E-state index contributed by atoms with van der Waals surface area (Å²) in [5, 5.41) is 1.37. The van der Waals surface area contributed by atoms with Crippen molar-refractivity contribution in [2.24, 2.45) is 5.92 Å². The van der Waals surface area contributed by atoms with Crippen LogP contribution < -0.4 is 0 Å². The largest absolute Gasteiger partial charge is 0.0839 e. The van der Waals surface area contributed by atoms with Crippen molar-refractivity contribution in [3.05, 3.63) is 69.2 Å². The SMILES string of the molecule is CC(C)Cc1ccc(C(Br)c2c(Cl)cccc2Cl)cc1. The van der Waals surface area contributed by atoms with Crippen molar-refractivity contribution < 1.29 is 0 Å². The predicted octanol–water partition coefficient (Wildman–Crippen LogP) is 6.68. The first-order valence-electron chi connectivity index (χ1n) is 6.66. The van der Waals surface area contributed by atoms with Gasteiger partial charge in [-0.05, 0) is 35.6 Å². The molecule has 0 aliphatic heterocycles. The van der Waals surface area contributed by atoms with Gasteiger partial charge in [0.15, 0.2) is 0 Å². The highest BCUT2D eigenvalue weighted by molar-refractivity contribution is 9.09. The third kappa shape index (κ3) is 3.78. The summed E-state index contributed by atoms with van der Waals surface area (Å²) in [6.45, 7) is 4.45. The van der Waals surface area contributed by atoms with E-state index in [-0.39, 0.29) is 4.83 Å². The number of rotatable bonds is 4. The van der Waals surface area contributed by atoms with Crippen LogP contribution in [0.3, 0.4) is 0 Å². The van der Waals surface area contributed by atoms with Crippen molar-refractivity contribution in [2.75, 3.05) is 0 Å². The van der Waals surface area contributed by atoms with E-state index in [1.54, 1.807) is 0 Å². The molecular weight excluding hydrogens is 355 g/mol. The normalized spacial score (nSPS) is 12.7. The first-order chi connectivity index (χ1) is 9.49. The fourth-order valence-electron chi connectivity index (χ4n) is 2.21. The smallest absolute Gasteiger partial charge is 0.0673 e. The van der Waals surface area contributed by atoms with Gasteiger partial charge in [-0.15, -0.1) is 0 Å². The molecular formula is C17H17BrCl2. The van der Waals surface area contributed by atoms with Crippen molar-refractivity contribution in [3.8, 4) is 0 Å². The second kappa shape index (κ2) is 6.98. The molecule has 2 rings (SSSR count). The molecule has 0 nitrogen and oxygen atoms in total. The molecule has 0 N–H and O–H groups in total. The molecule has 0 aliphatic carbocycles. The van der Waals surface area contributed by atoms with Crippen molar-refractivity contribution in [3.63, 3.8) is 0 Å². The Hall–Kier alpha value is -0.500. The minimum absolute atomic E-state index is 0.0109. The Bertz CT molecular complexity index is 556. The standard InChI is InChI=1S/C17H17BrCl2/c1-11(2)10-12-6-8-13(9-7-12)17(18)16-14(19)4-3-5-15(16)20/h3-9,11,17H,10H2,1-2H3. The van der Waals surface area contributed by atoms with Gasteiger partial charge in [0.1, 0.15) is 0 Å². The zero-order valence-electron chi connectivity index (χ0n) is 11.5. The molecule has 3 heteroatoms. The van der Waals surface area contributed by atoms with E-state index in [0.717, 1.165) is 17.5 Å². The topological polar surface area (TPSA) is 0 Å². The lowest BCUT2D eigenvalue weighted by atomic mass is 9.99. The van der Waals surface area contributed by atoms with Crippen LogP contribution in [0.25, 0.3) is 0 Å². The van der Waals surface area contributed by atoms with Crippen molar-refractivity contribution in [1.29, 1.82) is 0 Å². The molecule has 0 spiro atoms. The summed E-state index contributed by atoms with van der Waals surface area (Å²) in [5.41, 5.74) is 3.44. The number of hydrogen-bond donors (Lipinski definition) is 0. The Labute approximate surface area is 139 Å². The molecule has 0 heterocycles. The Balaban J connectivity index is 2.27. The number of hydrogen-bond acceptors (Lipinski definition) is 0. The van der Waals surface area contributed by atoms with Crippen LogP contribution in [-0.4, -0.2) is 0 Å². The third-order valence-corrected chi connectivity index (χ3v) is 4.82. The number of halogens is 3. The van der Waals surface area contributed by atoms with Gasteiger partial charge in [0.05, 0.1) is 4.83 Å².